The molecule has 1 nitrogen and oxygen atoms in total. The third kappa shape index (κ3) is 11.4. The number of Topliss-reactive ketones (excluding diaryl/α,β-unsaturated/α-hetero) is 1. The molecule has 0 N–H and O–H groups in total. The van der Waals surface area contributed by atoms with Crippen molar-refractivity contribution in [3.05, 3.63) is 54.1 Å². The summed E-state index contributed by atoms with van der Waals surface area (Å²) in [5, 5.41) is 0. The Hall–Kier alpha value is -1.18. The monoisotopic (exact) mass is 406 g/mol. The molecule has 0 fully saturated rings. The third-order valence-electron chi connectivity index (χ3n) is 2.35. The molecule has 0 atom stereocenters. The van der Waals surface area contributed by atoms with E-state index in [0.29, 0.717) is 0 Å². The zero-order valence-corrected chi connectivity index (χ0v) is 14.9. The van der Waals surface area contributed by atoms with E-state index in [9.17, 15) is 30.0 Å². The van der Waals surface area contributed by atoms with Crippen molar-refractivity contribution in [1.29, 1.82) is 0 Å². The topological polar surface area (TPSA) is 17.1 Å². The molecule has 0 aliphatic carbocycles. The minimum atomic E-state index is -10.7. The second-order valence-corrected chi connectivity index (χ2v) is 8.31. The fraction of sp³-hybridized carbons (Fsp3) is 0.0714. The molecule has 10 heteroatoms. The first kappa shape index (κ1) is 20.9. The van der Waals surface area contributed by atoms with E-state index >= 15 is 0 Å². The van der Waals surface area contributed by atoms with Crippen LogP contribution in [-0.4, -0.2) is 5.78 Å². The van der Waals surface area contributed by atoms with Crippen molar-refractivity contribution < 1.29 is 30.0 Å². The molecule has 0 saturated carbocycles. The van der Waals surface area contributed by atoms with Crippen LogP contribution >= 0.6 is 19.6 Å². The summed E-state index contributed by atoms with van der Waals surface area (Å²) in [4.78, 5) is 14.5. The maximum atomic E-state index is 11.1. The van der Waals surface area contributed by atoms with Gasteiger partial charge in [-0.25, -0.2) is 0 Å². The van der Waals surface area contributed by atoms with Gasteiger partial charge in [0, 0.05) is 15.4 Å². The average molecular weight is 406 g/mol. The quantitative estimate of drug-likeness (QED) is 0.242. The van der Waals surface area contributed by atoms with Crippen LogP contribution in [0.4, 0.5) is 25.2 Å². The second kappa shape index (κ2) is 6.61. The summed E-state index contributed by atoms with van der Waals surface area (Å²) in [7, 11) is -10.7. The average Bonchev–Trinajstić information content (AvgIpc) is 2.38. The number of hydrogen-bond donors (Lipinski definition) is 0. The van der Waals surface area contributed by atoms with Gasteiger partial charge < -0.3 is 0 Å². The molecule has 0 bridgehead atoms. The minimum absolute atomic E-state index is 0.102. The van der Waals surface area contributed by atoms with Gasteiger partial charge in [0.1, 0.15) is 4.90 Å². The van der Waals surface area contributed by atoms with Crippen molar-refractivity contribution in [2.75, 3.05) is 0 Å². The van der Waals surface area contributed by atoms with Gasteiger partial charge in [-0.1, -0.05) is 23.9 Å². The summed E-state index contributed by atoms with van der Waals surface area (Å²) in [5.41, 5.74) is 0.754. The molecule has 2 aromatic rings. The normalized spacial score (nSPS) is 14.0. The van der Waals surface area contributed by atoms with E-state index in [2.05, 4.69) is 24.8 Å². The molecule has 0 spiro atoms. The van der Waals surface area contributed by atoms with E-state index in [1.165, 1.54) is 4.90 Å². The van der Waals surface area contributed by atoms with Crippen LogP contribution in [0.2, 0.25) is 0 Å². The molecule has 0 unspecified atom stereocenters. The predicted octanol–water partition coefficient (Wildman–Crippen LogP) is 6.79. The van der Waals surface area contributed by atoms with E-state index in [1.807, 2.05) is 36.4 Å². The van der Waals surface area contributed by atoms with Gasteiger partial charge in [-0.3, -0.25) is 4.79 Å². The maximum absolute atomic E-state index is 11.1. The molecule has 0 aliphatic rings. The van der Waals surface area contributed by atoms with Gasteiger partial charge in [0.15, 0.2) is 5.78 Å². The van der Waals surface area contributed by atoms with Crippen LogP contribution in [0.1, 0.15) is 17.3 Å². The first-order valence-corrected chi connectivity index (χ1v) is 9.61. The Morgan fingerprint density at radius 3 is 1.50 bits per heavy atom. The van der Waals surface area contributed by atoms with Crippen LogP contribution in [0.25, 0.3) is 0 Å². The van der Waals surface area contributed by atoms with Crippen molar-refractivity contribution in [2.24, 2.45) is 0 Å². The summed E-state index contributed by atoms with van der Waals surface area (Å²) in [5.74, 6) is 0.102. The van der Waals surface area contributed by atoms with Crippen LogP contribution < -0.4 is 0 Å². The van der Waals surface area contributed by atoms with Gasteiger partial charge in [-0.05, 0) is 56.0 Å². The number of halogens is 6. The molecular weight excluding hydrogens is 393 g/mol. The first-order valence-electron chi connectivity index (χ1n) is 6.27. The van der Waals surface area contributed by atoms with Crippen LogP contribution in [-0.2, 0) is 12.6 Å². The standard InChI is InChI=1S/C14H12OS2.F6P/c1-10(15)11-2-6-13(7-3-11)17-14-8-4-12(16)5-9-14;1-7(2,3,4,5)6/h2-9,16H,1H3;/q;-1/p+1. The van der Waals surface area contributed by atoms with Crippen molar-refractivity contribution >= 4 is 38.0 Å². The molecule has 0 saturated heterocycles. The Kier molecular flexibility index (Phi) is 5.75. The summed E-state index contributed by atoms with van der Waals surface area (Å²) < 4.78 is 59.2. The Bertz CT molecular complexity index is 700. The van der Waals surface area contributed by atoms with E-state index < -0.39 is 7.81 Å². The molecule has 0 aliphatic heterocycles. The zero-order valence-electron chi connectivity index (χ0n) is 12.2. The Balaban J connectivity index is 0.000000351. The van der Waals surface area contributed by atoms with E-state index in [4.69, 9.17) is 0 Å². The fourth-order valence-corrected chi connectivity index (χ4v) is 2.40. The van der Waals surface area contributed by atoms with E-state index in [1.54, 1.807) is 18.7 Å². The Morgan fingerprint density at radius 1 is 0.833 bits per heavy atom. The Morgan fingerprint density at radius 2 is 1.17 bits per heavy atom. The number of benzene rings is 2. The number of carbonyl (C=O) groups is 1. The third-order valence-corrected chi connectivity index (χ3v) is 3.70. The molecule has 0 aromatic heterocycles. The molecule has 0 amide bonds. The van der Waals surface area contributed by atoms with Crippen LogP contribution in [0.15, 0.2) is 63.2 Å². The summed E-state index contributed by atoms with van der Waals surface area (Å²) in [6, 6.07) is 15.8. The van der Waals surface area contributed by atoms with Crippen molar-refractivity contribution in [3.8, 4) is 0 Å². The summed E-state index contributed by atoms with van der Waals surface area (Å²) in [6.45, 7) is 1.58. The number of hydrogen-bond acceptors (Lipinski definition) is 2. The van der Waals surface area contributed by atoms with E-state index in [0.717, 1.165) is 15.4 Å². The van der Waals surface area contributed by atoms with Gasteiger partial charge >= 0.3 is 33.0 Å². The van der Waals surface area contributed by atoms with Crippen LogP contribution in [0.5, 0.6) is 0 Å². The number of carbonyl (C=O) groups excluding carboxylic acids is 1. The predicted molar refractivity (Wildman–Crippen MR) is 89.0 cm³/mol. The SMILES string of the molecule is CC(=O)c1ccc(Sc2ccc([SH2+])cc2)cc1.F[P-](F)(F)(F)(F)F. The number of ketones is 1. The molecule has 134 valence electrons. The summed E-state index contributed by atoms with van der Waals surface area (Å²) >= 11 is 5.14. The van der Waals surface area contributed by atoms with Gasteiger partial charge in [0.05, 0.1) is 0 Å². The molecular formula is C14H13F6OPS2. The summed E-state index contributed by atoms with van der Waals surface area (Å²) in [6.07, 6.45) is 0. The van der Waals surface area contributed by atoms with Crippen molar-refractivity contribution in [2.45, 2.75) is 21.6 Å². The van der Waals surface area contributed by atoms with Crippen molar-refractivity contribution in [3.63, 3.8) is 0 Å². The van der Waals surface area contributed by atoms with E-state index in [-0.39, 0.29) is 5.78 Å². The molecule has 24 heavy (non-hydrogen) atoms. The van der Waals surface area contributed by atoms with Gasteiger partial charge in [0.2, 0.25) is 0 Å². The van der Waals surface area contributed by atoms with Gasteiger partial charge in [-0.2, -0.15) is 0 Å². The molecule has 2 rings (SSSR count). The fourth-order valence-electron chi connectivity index (χ4n) is 1.42. The van der Waals surface area contributed by atoms with Gasteiger partial charge in [0.25, 0.3) is 0 Å². The Labute approximate surface area is 144 Å². The zero-order chi connectivity index (χ0) is 18.7. The van der Waals surface area contributed by atoms with Crippen LogP contribution in [0, 0.1) is 0 Å². The van der Waals surface area contributed by atoms with Crippen LogP contribution in [0.3, 0.4) is 0 Å². The number of rotatable bonds is 3. The first-order chi connectivity index (χ1) is 10.6. The second-order valence-electron chi connectivity index (χ2n) is 4.67. The molecule has 0 heterocycles. The van der Waals surface area contributed by atoms with Gasteiger partial charge in [-0.15, -0.1) is 0 Å². The van der Waals surface area contributed by atoms with Crippen molar-refractivity contribution in [1.82, 2.24) is 0 Å². The molecule has 2 aromatic carbocycles. The molecule has 0 radical (unpaired) electrons.